The normalized spacial score (nSPS) is 10.1. The summed E-state index contributed by atoms with van der Waals surface area (Å²) in [5.41, 5.74) is 1.41. The standard InChI is InChI=1S/C10H7ClN4O4/c11-7-3-6(5-13-14-9(16)1-2-12)10(17)8(4-7)15(18)19/h3-5,17H,1H2,(H,14,16). The molecular formula is C10H7ClN4O4. The van der Waals surface area contributed by atoms with Crippen LogP contribution in [0, 0.1) is 21.4 Å². The first kappa shape index (κ1) is 14.4. The number of halogens is 1. The van der Waals surface area contributed by atoms with Gasteiger partial charge in [0.05, 0.1) is 17.2 Å². The Morgan fingerprint density at radius 2 is 2.37 bits per heavy atom. The lowest BCUT2D eigenvalue weighted by Gasteiger charge is -2.01. The van der Waals surface area contributed by atoms with Crippen molar-refractivity contribution in [3.63, 3.8) is 0 Å². The molecule has 2 N–H and O–H groups in total. The van der Waals surface area contributed by atoms with Gasteiger partial charge in [-0.2, -0.15) is 10.4 Å². The van der Waals surface area contributed by atoms with Crippen LogP contribution < -0.4 is 5.43 Å². The van der Waals surface area contributed by atoms with E-state index in [0.717, 1.165) is 12.3 Å². The highest BCUT2D eigenvalue weighted by Crippen LogP contribution is 2.32. The predicted octanol–water partition coefficient (Wildman–Crippen LogP) is 1.32. The van der Waals surface area contributed by atoms with Gasteiger partial charge in [-0.15, -0.1) is 0 Å². The summed E-state index contributed by atoms with van der Waals surface area (Å²) >= 11 is 5.65. The summed E-state index contributed by atoms with van der Waals surface area (Å²) < 4.78 is 0. The van der Waals surface area contributed by atoms with Gasteiger partial charge < -0.3 is 5.11 Å². The third-order valence-electron chi connectivity index (χ3n) is 1.91. The summed E-state index contributed by atoms with van der Waals surface area (Å²) in [5, 5.41) is 31.9. The number of hydrogen-bond donors (Lipinski definition) is 2. The van der Waals surface area contributed by atoms with Crippen LogP contribution in [-0.2, 0) is 4.79 Å². The number of amides is 1. The Balaban J connectivity index is 2.96. The van der Waals surface area contributed by atoms with Crippen LogP contribution in [0.1, 0.15) is 12.0 Å². The highest BCUT2D eigenvalue weighted by atomic mass is 35.5. The lowest BCUT2D eigenvalue weighted by atomic mass is 10.2. The number of nitro groups is 1. The number of carbonyl (C=O) groups excluding carboxylic acids is 1. The first-order chi connectivity index (χ1) is 8.95. The van der Waals surface area contributed by atoms with Crippen LogP contribution in [0.2, 0.25) is 5.02 Å². The third-order valence-corrected chi connectivity index (χ3v) is 2.13. The minimum absolute atomic E-state index is 0.0311. The molecule has 8 nitrogen and oxygen atoms in total. The number of nitrogens with one attached hydrogen (secondary N) is 1. The molecule has 0 aliphatic rings. The molecule has 0 spiro atoms. The SMILES string of the molecule is N#CCC(=O)NN=Cc1cc(Cl)cc([N+](=O)[O-])c1O. The summed E-state index contributed by atoms with van der Waals surface area (Å²) in [5.74, 6) is -1.26. The van der Waals surface area contributed by atoms with E-state index in [1.54, 1.807) is 6.07 Å². The zero-order chi connectivity index (χ0) is 14.4. The molecule has 0 saturated heterocycles. The topological polar surface area (TPSA) is 129 Å². The van der Waals surface area contributed by atoms with Gasteiger partial charge >= 0.3 is 5.69 Å². The van der Waals surface area contributed by atoms with E-state index in [1.165, 1.54) is 6.07 Å². The first-order valence-electron chi connectivity index (χ1n) is 4.81. The van der Waals surface area contributed by atoms with E-state index in [4.69, 9.17) is 16.9 Å². The zero-order valence-corrected chi connectivity index (χ0v) is 10.1. The Kier molecular flexibility index (Phi) is 4.79. The molecule has 98 valence electrons. The Morgan fingerprint density at radius 3 is 2.95 bits per heavy atom. The second-order valence-corrected chi connectivity index (χ2v) is 3.68. The number of phenolic OH excluding ortho intramolecular Hbond substituents is 1. The molecule has 1 amide bonds. The second-order valence-electron chi connectivity index (χ2n) is 3.25. The number of hydrogen-bond acceptors (Lipinski definition) is 6. The number of carbonyl (C=O) groups is 1. The Morgan fingerprint density at radius 1 is 1.68 bits per heavy atom. The molecular weight excluding hydrogens is 276 g/mol. The summed E-state index contributed by atoms with van der Waals surface area (Å²) in [6.07, 6.45) is 0.614. The van der Waals surface area contributed by atoms with Crippen LogP contribution in [0.5, 0.6) is 5.75 Å². The number of nitrogens with zero attached hydrogens (tertiary/aromatic N) is 3. The minimum Gasteiger partial charge on any atom is -0.502 e. The quantitative estimate of drug-likeness (QED) is 0.489. The van der Waals surface area contributed by atoms with Gasteiger partial charge in [-0.3, -0.25) is 14.9 Å². The number of benzene rings is 1. The van der Waals surface area contributed by atoms with Crippen molar-refractivity contribution in [2.45, 2.75) is 6.42 Å². The maximum Gasteiger partial charge on any atom is 0.312 e. The maximum absolute atomic E-state index is 10.9. The Bertz CT molecular complexity index is 594. The van der Waals surface area contributed by atoms with E-state index < -0.39 is 22.3 Å². The van der Waals surface area contributed by atoms with Gasteiger partial charge in [-0.1, -0.05) is 11.6 Å². The third kappa shape index (κ3) is 3.93. The van der Waals surface area contributed by atoms with E-state index in [2.05, 4.69) is 5.10 Å². The van der Waals surface area contributed by atoms with Crippen molar-refractivity contribution in [1.29, 1.82) is 5.26 Å². The van der Waals surface area contributed by atoms with Crippen molar-refractivity contribution in [2.75, 3.05) is 0 Å². The van der Waals surface area contributed by atoms with Gasteiger partial charge in [0.15, 0.2) is 0 Å². The van der Waals surface area contributed by atoms with Crippen molar-refractivity contribution >= 4 is 29.4 Å². The molecule has 0 radical (unpaired) electrons. The molecule has 0 aromatic heterocycles. The number of hydrazone groups is 1. The largest absolute Gasteiger partial charge is 0.502 e. The first-order valence-corrected chi connectivity index (χ1v) is 5.19. The monoisotopic (exact) mass is 282 g/mol. The number of aromatic hydroxyl groups is 1. The smallest absolute Gasteiger partial charge is 0.312 e. The highest BCUT2D eigenvalue weighted by Gasteiger charge is 2.17. The van der Waals surface area contributed by atoms with Gasteiger partial charge in [0, 0.05) is 16.7 Å². The number of nitriles is 1. The van der Waals surface area contributed by atoms with Gasteiger partial charge in [0.2, 0.25) is 5.75 Å². The molecule has 9 heteroatoms. The van der Waals surface area contributed by atoms with Crippen molar-refractivity contribution in [3.05, 3.63) is 32.8 Å². The fourth-order valence-electron chi connectivity index (χ4n) is 1.13. The molecule has 1 aromatic rings. The van der Waals surface area contributed by atoms with E-state index in [0.29, 0.717) is 0 Å². The summed E-state index contributed by atoms with van der Waals surface area (Å²) in [6.45, 7) is 0. The molecule has 1 rings (SSSR count). The van der Waals surface area contributed by atoms with E-state index in [1.807, 2.05) is 5.43 Å². The average molecular weight is 283 g/mol. The van der Waals surface area contributed by atoms with E-state index >= 15 is 0 Å². The van der Waals surface area contributed by atoms with Crippen molar-refractivity contribution in [3.8, 4) is 11.8 Å². The van der Waals surface area contributed by atoms with Crippen LogP contribution in [0.15, 0.2) is 17.2 Å². The van der Waals surface area contributed by atoms with Gasteiger partial charge in [-0.05, 0) is 6.07 Å². The Hall–Kier alpha value is -2.66. The number of nitro benzene ring substituents is 1. The Labute approximate surface area is 112 Å². The van der Waals surface area contributed by atoms with Crippen LogP contribution in [-0.4, -0.2) is 22.2 Å². The molecule has 0 fully saturated rings. The van der Waals surface area contributed by atoms with Crippen LogP contribution in [0.4, 0.5) is 5.69 Å². The van der Waals surface area contributed by atoms with Gasteiger partial charge in [0.25, 0.3) is 5.91 Å². The van der Waals surface area contributed by atoms with Crippen LogP contribution in [0.25, 0.3) is 0 Å². The molecule has 0 atom stereocenters. The second kappa shape index (κ2) is 6.32. The molecule has 0 saturated carbocycles. The lowest BCUT2D eigenvalue weighted by molar-refractivity contribution is -0.385. The maximum atomic E-state index is 10.9. The molecule has 0 aliphatic carbocycles. The van der Waals surface area contributed by atoms with Crippen molar-refractivity contribution in [2.24, 2.45) is 5.10 Å². The van der Waals surface area contributed by atoms with Crippen molar-refractivity contribution in [1.82, 2.24) is 5.43 Å². The molecule has 0 bridgehead atoms. The summed E-state index contributed by atoms with van der Waals surface area (Å²) in [7, 11) is 0. The number of phenols is 1. The zero-order valence-electron chi connectivity index (χ0n) is 9.33. The van der Waals surface area contributed by atoms with Gasteiger partial charge in [-0.25, -0.2) is 5.43 Å². The summed E-state index contributed by atoms with van der Waals surface area (Å²) in [6, 6.07) is 3.84. The van der Waals surface area contributed by atoms with Crippen LogP contribution in [0.3, 0.4) is 0 Å². The molecule has 0 unspecified atom stereocenters. The minimum atomic E-state index is -0.799. The molecule has 0 heterocycles. The van der Waals surface area contributed by atoms with Gasteiger partial charge in [0.1, 0.15) is 6.42 Å². The van der Waals surface area contributed by atoms with E-state index in [-0.39, 0.29) is 17.0 Å². The van der Waals surface area contributed by atoms with Crippen molar-refractivity contribution < 1.29 is 14.8 Å². The lowest BCUT2D eigenvalue weighted by Crippen LogP contribution is -2.16. The predicted molar refractivity (Wildman–Crippen MR) is 65.7 cm³/mol. The molecule has 0 aliphatic heterocycles. The fraction of sp³-hybridized carbons (Fsp3) is 0.100. The summed E-state index contributed by atoms with van der Waals surface area (Å²) in [4.78, 5) is 20.7. The highest BCUT2D eigenvalue weighted by molar-refractivity contribution is 6.31. The average Bonchev–Trinajstić information content (AvgIpc) is 2.33. The molecule has 1 aromatic carbocycles. The number of rotatable bonds is 4. The fourth-order valence-corrected chi connectivity index (χ4v) is 1.35. The van der Waals surface area contributed by atoms with E-state index in [9.17, 15) is 20.0 Å². The van der Waals surface area contributed by atoms with Crippen LogP contribution >= 0.6 is 11.6 Å². The molecule has 19 heavy (non-hydrogen) atoms.